The minimum atomic E-state index is -0.361. The van der Waals surface area contributed by atoms with E-state index in [4.69, 9.17) is 22.0 Å². The van der Waals surface area contributed by atoms with Crippen LogP contribution < -0.4 is 17.3 Å². The summed E-state index contributed by atoms with van der Waals surface area (Å²) in [5.74, 6) is 6.05. The molecule has 1 heterocycles. The van der Waals surface area contributed by atoms with Crippen LogP contribution in [0.4, 0.5) is 5.95 Å². The topological polar surface area (TPSA) is 118 Å². The summed E-state index contributed by atoms with van der Waals surface area (Å²) < 4.78 is 6.15. The van der Waals surface area contributed by atoms with Gasteiger partial charge in [-0.3, -0.25) is 0 Å². The Morgan fingerprint density at radius 2 is 2.25 bits per heavy atom. The molecule has 1 aromatic rings. The number of nitrogens with two attached hydrogens (primary N) is 3. The van der Waals surface area contributed by atoms with Crippen LogP contribution in [0, 0.1) is 0 Å². The number of rotatable bonds is 3. The average Bonchev–Trinajstić information content (AvgIpc) is 2.38. The quantitative estimate of drug-likeness (QED) is 0.464. The molecule has 0 aliphatic heterocycles. The van der Waals surface area contributed by atoms with Crippen molar-refractivity contribution in [1.82, 2.24) is 14.9 Å². The third-order valence-electron chi connectivity index (χ3n) is 1.54. The van der Waals surface area contributed by atoms with E-state index in [2.05, 4.69) is 10.2 Å². The molecular formula is C5H12N6O. The summed E-state index contributed by atoms with van der Waals surface area (Å²) in [4.78, 5) is 0. The molecule has 0 saturated carbocycles. The molecule has 1 atom stereocenters. The smallest absolute Gasteiger partial charge is 0.240 e. The van der Waals surface area contributed by atoms with Gasteiger partial charge in [-0.2, -0.15) is 0 Å². The van der Waals surface area contributed by atoms with Gasteiger partial charge < -0.3 is 22.0 Å². The van der Waals surface area contributed by atoms with Gasteiger partial charge in [-0.15, -0.1) is 10.2 Å². The molecule has 0 aromatic carbocycles. The second-order valence-electron chi connectivity index (χ2n) is 2.25. The van der Waals surface area contributed by atoms with E-state index < -0.39 is 0 Å². The molecule has 0 bridgehead atoms. The first-order valence-corrected chi connectivity index (χ1v) is 3.39. The molecule has 1 aromatic heterocycles. The first-order valence-electron chi connectivity index (χ1n) is 3.39. The number of anilines is 1. The van der Waals surface area contributed by atoms with Crippen LogP contribution in [0.2, 0.25) is 0 Å². The third-order valence-corrected chi connectivity index (χ3v) is 1.54. The van der Waals surface area contributed by atoms with Crippen molar-refractivity contribution in [1.29, 1.82) is 0 Å². The molecule has 7 nitrogen and oxygen atoms in total. The van der Waals surface area contributed by atoms with Crippen molar-refractivity contribution in [3.05, 3.63) is 5.82 Å². The van der Waals surface area contributed by atoms with Gasteiger partial charge in [-0.25, -0.2) is 4.68 Å². The fraction of sp³-hybridized carbons (Fsp3) is 0.600. The number of nitrogens with zero attached hydrogens (tertiary/aromatic N) is 3. The molecule has 0 radical (unpaired) electrons. The Morgan fingerprint density at radius 3 is 2.58 bits per heavy atom. The predicted molar refractivity (Wildman–Crippen MR) is 43.4 cm³/mol. The summed E-state index contributed by atoms with van der Waals surface area (Å²) in [5, 5.41) is 7.28. The largest absolute Gasteiger partial charge is 0.372 e. The van der Waals surface area contributed by atoms with Gasteiger partial charge in [0.2, 0.25) is 5.95 Å². The highest BCUT2D eigenvalue weighted by Crippen LogP contribution is 2.11. The molecule has 0 spiro atoms. The molecule has 0 fully saturated rings. The van der Waals surface area contributed by atoms with E-state index in [0.29, 0.717) is 5.82 Å². The summed E-state index contributed by atoms with van der Waals surface area (Å²) in [6, 6.07) is 0. The van der Waals surface area contributed by atoms with Crippen LogP contribution in [0.3, 0.4) is 0 Å². The van der Waals surface area contributed by atoms with Crippen molar-refractivity contribution in [3.8, 4) is 0 Å². The molecule has 12 heavy (non-hydrogen) atoms. The number of hydrogen-bond acceptors (Lipinski definition) is 6. The van der Waals surface area contributed by atoms with Crippen LogP contribution in [-0.4, -0.2) is 28.5 Å². The lowest BCUT2D eigenvalue weighted by Crippen LogP contribution is -2.23. The van der Waals surface area contributed by atoms with Crippen molar-refractivity contribution < 1.29 is 4.74 Å². The van der Waals surface area contributed by atoms with Crippen LogP contribution in [0.25, 0.3) is 0 Å². The lowest BCUT2D eigenvalue weighted by Gasteiger charge is -2.10. The van der Waals surface area contributed by atoms with E-state index >= 15 is 0 Å². The first kappa shape index (κ1) is 8.75. The molecule has 6 N–H and O–H groups in total. The summed E-state index contributed by atoms with van der Waals surface area (Å²) >= 11 is 0. The van der Waals surface area contributed by atoms with Crippen LogP contribution >= 0.6 is 0 Å². The SMILES string of the molecule is COC(CN)c1nnc(N)n1N. The number of hydrogen-bond donors (Lipinski definition) is 3. The predicted octanol–water partition coefficient (Wildman–Crippen LogP) is -1.78. The van der Waals surface area contributed by atoms with Crippen LogP contribution in [0.5, 0.6) is 0 Å². The van der Waals surface area contributed by atoms with E-state index in [9.17, 15) is 0 Å². The van der Waals surface area contributed by atoms with Gasteiger partial charge >= 0.3 is 0 Å². The maximum Gasteiger partial charge on any atom is 0.240 e. The Bertz CT molecular complexity index is 254. The van der Waals surface area contributed by atoms with Gasteiger partial charge in [0.25, 0.3) is 0 Å². The summed E-state index contributed by atoms with van der Waals surface area (Å²) in [6.45, 7) is 0.284. The highest BCUT2D eigenvalue weighted by Gasteiger charge is 2.16. The summed E-state index contributed by atoms with van der Waals surface area (Å²) in [7, 11) is 1.52. The maximum absolute atomic E-state index is 5.49. The first-order chi connectivity index (χ1) is 5.70. The van der Waals surface area contributed by atoms with E-state index in [1.807, 2.05) is 0 Å². The standard InChI is InChI=1S/C5H12N6O/c1-12-3(2-6)4-9-10-5(7)11(4)8/h3H,2,6,8H2,1H3,(H2,7,10). The second kappa shape index (κ2) is 3.37. The Morgan fingerprint density at radius 1 is 1.58 bits per heavy atom. The zero-order valence-corrected chi connectivity index (χ0v) is 6.77. The second-order valence-corrected chi connectivity index (χ2v) is 2.25. The molecule has 1 unspecified atom stereocenters. The average molecular weight is 172 g/mol. The molecule has 0 amide bonds. The van der Waals surface area contributed by atoms with Crippen molar-refractivity contribution in [2.24, 2.45) is 5.73 Å². The maximum atomic E-state index is 5.49. The molecule has 68 valence electrons. The van der Waals surface area contributed by atoms with Crippen molar-refractivity contribution >= 4 is 5.95 Å². The van der Waals surface area contributed by atoms with Crippen molar-refractivity contribution in [2.45, 2.75) is 6.10 Å². The molecule has 0 aliphatic rings. The molecule has 0 saturated heterocycles. The molecule has 0 aliphatic carbocycles. The number of aromatic nitrogens is 3. The van der Waals surface area contributed by atoms with Crippen LogP contribution in [-0.2, 0) is 4.74 Å². The Kier molecular flexibility index (Phi) is 2.46. The number of nitrogen functional groups attached to an aromatic ring is 2. The molecular weight excluding hydrogens is 160 g/mol. The van der Waals surface area contributed by atoms with Gasteiger partial charge in [0.05, 0.1) is 0 Å². The zero-order chi connectivity index (χ0) is 9.14. The van der Waals surface area contributed by atoms with Gasteiger partial charge in [0.1, 0.15) is 6.10 Å². The monoisotopic (exact) mass is 172 g/mol. The van der Waals surface area contributed by atoms with Crippen molar-refractivity contribution in [2.75, 3.05) is 25.2 Å². The minimum absolute atomic E-state index is 0.139. The van der Waals surface area contributed by atoms with E-state index in [1.54, 1.807) is 0 Å². The van der Waals surface area contributed by atoms with Gasteiger partial charge in [0, 0.05) is 13.7 Å². The van der Waals surface area contributed by atoms with E-state index in [0.717, 1.165) is 4.68 Å². The van der Waals surface area contributed by atoms with E-state index in [1.165, 1.54) is 7.11 Å². The summed E-state index contributed by atoms with van der Waals surface area (Å²) in [5.41, 5.74) is 10.7. The van der Waals surface area contributed by atoms with E-state index in [-0.39, 0.29) is 18.6 Å². The Hall–Kier alpha value is -1.34. The highest BCUT2D eigenvalue weighted by molar-refractivity contribution is 5.18. The number of methoxy groups -OCH3 is 1. The number of ether oxygens (including phenoxy) is 1. The molecule has 7 heteroatoms. The summed E-state index contributed by atoms with van der Waals surface area (Å²) in [6.07, 6.45) is -0.361. The van der Waals surface area contributed by atoms with Gasteiger partial charge in [-0.1, -0.05) is 0 Å². The van der Waals surface area contributed by atoms with Gasteiger partial charge in [-0.05, 0) is 0 Å². The lowest BCUT2D eigenvalue weighted by atomic mass is 10.3. The third kappa shape index (κ3) is 1.31. The normalized spacial score (nSPS) is 13.2. The van der Waals surface area contributed by atoms with Crippen LogP contribution in [0.15, 0.2) is 0 Å². The lowest BCUT2D eigenvalue weighted by molar-refractivity contribution is 0.101. The fourth-order valence-electron chi connectivity index (χ4n) is 0.843. The van der Waals surface area contributed by atoms with Gasteiger partial charge in [0.15, 0.2) is 5.82 Å². The Labute approximate surface area is 69.5 Å². The zero-order valence-electron chi connectivity index (χ0n) is 6.77. The highest BCUT2D eigenvalue weighted by atomic mass is 16.5. The van der Waals surface area contributed by atoms with Crippen LogP contribution in [0.1, 0.15) is 11.9 Å². The molecule has 1 rings (SSSR count). The minimum Gasteiger partial charge on any atom is -0.372 e. The fourth-order valence-corrected chi connectivity index (χ4v) is 0.843. The Balaban J connectivity index is 2.93. The van der Waals surface area contributed by atoms with Crippen molar-refractivity contribution in [3.63, 3.8) is 0 Å².